The minimum absolute atomic E-state index is 0.324. The molecule has 2 aromatic rings. The molecular formula is C17H18N2O4. The van der Waals surface area contributed by atoms with Gasteiger partial charge in [-0.05, 0) is 30.3 Å². The largest absolute Gasteiger partial charge is 0.497 e. The molecule has 0 aliphatic rings. The predicted octanol–water partition coefficient (Wildman–Crippen LogP) is 2.48. The van der Waals surface area contributed by atoms with Gasteiger partial charge >= 0.3 is 0 Å². The summed E-state index contributed by atoms with van der Waals surface area (Å²) in [5.74, 6) is 1.57. The van der Waals surface area contributed by atoms with Crippen LogP contribution in [0.5, 0.6) is 17.2 Å². The van der Waals surface area contributed by atoms with Crippen LogP contribution in [0.1, 0.15) is 15.9 Å². The van der Waals surface area contributed by atoms with Crippen molar-refractivity contribution in [1.29, 1.82) is 0 Å². The highest BCUT2D eigenvalue weighted by Gasteiger charge is 2.05. The molecule has 0 heterocycles. The van der Waals surface area contributed by atoms with Gasteiger partial charge in [0.2, 0.25) is 0 Å². The minimum Gasteiger partial charge on any atom is -0.497 e. The Kier molecular flexibility index (Phi) is 5.57. The van der Waals surface area contributed by atoms with Gasteiger partial charge in [0.1, 0.15) is 17.2 Å². The topological polar surface area (TPSA) is 69.2 Å². The molecule has 0 atom stereocenters. The summed E-state index contributed by atoms with van der Waals surface area (Å²) < 4.78 is 15.4. The van der Waals surface area contributed by atoms with E-state index in [1.807, 2.05) is 0 Å². The molecule has 0 saturated heterocycles. The summed E-state index contributed by atoms with van der Waals surface area (Å²) in [4.78, 5) is 12.0. The first-order valence-electron chi connectivity index (χ1n) is 6.87. The quantitative estimate of drug-likeness (QED) is 0.657. The normalized spacial score (nSPS) is 10.4. The third-order valence-corrected chi connectivity index (χ3v) is 3.09. The van der Waals surface area contributed by atoms with E-state index in [0.717, 1.165) is 5.56 Å². The lowest BCUT2D eigenvalue weighted by atomic mass is 10.2. The molecule has 1 N–H and O–H groups in total. The maximum atomic E-state index is 12.0. The summed E-state index contributed by atoms with van der Waals surface area (Å²) in [7, 11) is 4.69. The summed E-state index contributed by atoms with van der Waals surface area (Å²) in [6, 6.07) is 12.1. The Morgan fingerprint density at radius 2 is 1.61 bits per heavy atom. The number of benzene rings is 2. The third-order valence-electron chi connectivity index (χ3n) is 3.09. The predicted molar refractivity (Wildman–Crippen MR) is 87.6 cm³/mol. The molecule has 2 aromatic carbocycles. The number of hydrogen-bond donors (Lipinski definition) is 1. The molecule has 0 fully saturated rings. The Labute approximate surface area is 134 Å². The Hall–Kier alpha value is -3.02. The maximum Gasteiger partial charge on any atom is 0.271 e. The van der Waals surface area contributed by atoms with Crippen LogP contribution in [0.3, 0.4) is 0 Å². The van der Waals surface area contributed by atoms with Crippen molar-refractivity contribution in [2.24, 2.45) is 5.10 Å². The van der Waals surface area contributed by atoms with Crippen LogP contribution in [0, 0.1) is 0 Å². The highest BCUT2D eigenvalue weighted by atomic mass is 16.5. The Morgan fingerprint density at radius 1 is 0.957 bits per heavy atom. The molecule has 0 aliphatic carbocycles. The number of nitrogens with zero attached hydrogens (tertiary/aromatic N) is 1. The molecule has 23 heavy (non-hydrogen) atoms. The van der Waals surface area contributed by atoms with Crippen LogP contribution in [0.2, 0.25) is 0 Å². The molecule has 0 aliphatic heterocycles. The van der Waals surface area contributed by atoms with Gasteiger partial charge in [-0.2, -0.15) is 5.10 Å². The smallest absolute Gasteiger partial charge is 0.271 e. The molecule has 0 saturated carbocycles. The first kappa shape index (κ1) is 16.4. The molecule has 0 radical (unpaired) electrons. The zero-order chi connectivity index (χ0) is 16.7. The van der Waals surface area contributed by atoms with Gasteiger partial charge < -0.3 is 14.2 Å². The summed E-state index contributed by atoms with van der Waals surface area (Å²) in [5.41, 5.74) is 3.67. The highest BCUT2D eigenvalue weighted by molar-refractivity contribution is 5.95. The third kappa shape index (κ3) is 4.47. The van der Waals surface area contributed by atoms with Gasteiger partial charge in [0.15, 0.2) is 0 Å². The standard InChI is InChI=1S/C17H18N2O4/c1-21-14-6-4-5-13(9-14)17(20)19-18-11-12-7-15(22-2)10-16(8-12)23-3/h4-11H,1-3H3,(H,19,20)/b18-11-. The van der Waals surface area contributed by atoms with Crippen LogP contribution in [0.4, 0.5) is 0 Å². The van der Waals surface area contributed by atoms with Crippen molar-refractivity contribution in [2.45, 2.75) is 0 Å². The van der Waals surface area contributed by atoms with Crippen molar-refractivity contribution in [3.05, 3.63) is 53.6 Å². The minimum atomic E-state index is -0.324. The zero-order valence-corrected chi connectivity index (χ0v) is 13.2. The molecule has 0 aromatic heterocycles. The summed E-state index contributed by atoms with van der Waals surface area (Å²) in [5, 5.41) is 3.95. The van der Waals surface area contributed by atoms with E-state index in [9.17, 15) is 4.79 Å². The van der Waals surface area contributed by atoms with E-state index in [2.05, 4.69) is 10.5 Å². The van der Waals surface area contributed by atoms with Crippen LogP contribution in [0.15, 0.2) is 47.6 Å². The van der Waals surface area contributed by atoms with Crippen molar-refractivity contribution in [1.82, 2.24) is 5.43 Å². The number of hydrazone groups is 1. The van der Waals surface area contributed by atoms with E-state index in [0.29, 0.717) is 22.8 Å². The number of carbonyl (C=O) groups is 1. The second-order valence-electron chi connectivity index (χ2n) is 4.58. The summed E-state index contributed by atoms with van der Waals surface area (Å²) in [6.45, 7) is 0. The lowest BCUT2D eigenvalue weighted by molar-refractivity contribution is 0.0955. The van der Waals surface area contributed by atoms with Gasteiger partial charge in [-0.3, -0.25) is 4.79 Å². The van der Waals surface area contributed by atoms with E-state index in [1.54, 1.807) is 63.8 Å². The fraction of sp³-hybridized carbons (Fsp3) is 0.176. The SMILES string of the molecule is COc1cc(/C=N\NC(=O)c2cccc(OC)c2)cc(OC)c1. The van der Waals surface area contributed by atoms with Crippen molar-refractivity contribution < 1.29 is 19.0 Å². The molecule has 0 unspecified atom stereocenters. The monoisotopic (exact) mass is 314 g/mol. The fourth-order valence-electron chi connectivity index (χ4n) is 1.90. The van der Waals surface area contributed by atoms with Gasteiger partial charge in [-0.25, -0.2) is 5.43 Å². The molecule has 0 spiro atoms. The first-order chi connectivity index (χ1) is 11.2. The van der Waals surface area contributed by atoms with Crippen LogP contribution >= 0.6 is 0 Å². The lowest BCUT2D eigenvalue weighted by Gasteiger charge is -2.06. The van der Waals surface area contributed by atoms with Crippen LogP contribution in [-0.4, -0.2) is 33.5 Å². The number of nitrogens with one attached hydrogen (secondary N) is 1. The number of carbonyl (C=O) groups excluding carboxylic acids is 1. The summed E-state index contributed by atoms with van der Waals surface area (Å²) >= 11 is 0. The van der Waals surface area contributed by atoms with E-state index in [-0.39, 0.29) is 5.91 Å². The molecule has 2 rings (SSSR count). The average molecular weight is 314 g/mol. The molecule has 6 heteroatoms. The number of hydrogen-bond acceptors (Lipinski definition) is 5. The number of amides is 1. The van der Waals surface area contributed by atoms with E-state index < -0.39 is 0 Å². The molecular weight excluding hydrogens is 296 g/mol. The molecule has 120 valence electrons. The summed E-state index contributed by atoms with van der Waals surface area (Å²) in [6.07, 6.45) is 1.52. The van der Waals surface area contributed by atoms with Crippen LogP contribution in [-0.2, 0) is 0 Å². The number of rotatable bonds is 6. The van der Waals surface area contributed by atoms with E-state index in [4.69, 9.17) is 14.2 Å². The Morgan fingerprint density at radius 3 is 2.22 bits per heavy atom. The van der Waals surface area contributed by atoms with Gasteiger partial charge in [-0.1, -0.05) is 6.07 Å². The highest BCUT2D eigenvalue weighted by Crippen LogP contribution is 2.21. The van der Waals surface area contributed by atoms with Gasteiger partial charge in [0.05, 0.1) is 27.5 Å². The van der Waals surface area contributed by atoms with Crippen LogP contribution in [0.25, 0.3) is 0 Å². The van der Waals surface area contributed by atoms with Crippen molar-refractivity contribution in [3.8, 4) is 17.2 Å². The van der Waals surface area contributed by atoms with Gasteiger partial charge in [-0.15, -0.1) is 0 Å². The molecule has 6 nitrogen and oxygen atoms in total. The Balaban J connectivity index is 2.07. The molecule has 1 amide bonds. The number of methoxy groups -OCH3 is 3. The second kappa shape index (κ2) is 7.84. The molecule has 0 bridgehead atoms. The average Bonchev–Trinajstić information content (AvgIpc) is 2.61. The van der Waals surface area contributed by atoms with Crippen molar-refractivity contribution in [3.63, 3.8) is 0 Å². The second-order valence-corrected chi connectivity index (χ2v) is 4.58. The van der Waals surface area contributed by atoms with Crippen LogP contribution < -0.4 is 19.6 Å². The Bertz CT molecular complexity index is 691. The van der Waals surface area contributed by atoms with E-state index >= 15 is 0 Å². The maximum absolute atomic E-state index is 12.0. The van der Waals surface area contributed by atoms with E-state index in [1.165, 1.54) is 6.21 Å². The van der Waals surface area contributed by atoms with Crippen molar-refractivity contribution in [2.75, 3.05) is 21.3 Å². The van der Waals surface area contributed by atoms with Gasteiger partial charge in [0, 0.05) is 17.2 Å². The lowest BCUT2D eigenvalue weighted by Crippen LogP contribution is -2.17. The van der Waals surface area contributed by atoms with Gasteiger partial charge in [0.25, 0.3) is 5.91 Å². The zero-order valence-electron chi connectivity index (χ0n) is 13.2. The van der Waals surface area contributed by atoms with Crippen molar-refractivity contribution >= 4 is 12.1 Å². The first-order valence-corrected chi connectivity index (χ1v) is 6.87. The fourth-order valence-corrected chi connectivity index (χ4v) is 1.90. The number of ether oxygens (including phenoxy) is 3.